The highest BCUT2D eigenvalue weighted by molar-refractivity contribution is 5.79. The molecule has 1 aliphatic rings. The van der Waals surface area contributed by atoms with Gasteiger partial charge >= 0.3 is 0 Å². The van der Waals surface area contributed by atoms with Gasteiger partial charge in [0.2, 0.25) is 0 Å². The van der Waals surface area contributed by atoms with Crippen LogP contribution in [0.2, 0.25) is 0 Å². The van der Waals surface area contributed by atoms with Crippen LogP contribution in [-0.2, 0) is 4.74 Å². The zero-order valence-corrected chi connectivity index (χ0v) is 12.3. The molecule has 0 aromatic rings. The normalized spacial score (nSPS) is 18.6. The van der Waals surface area contributed by atoms with E-state index in [4.69, 9.17) is 4.74 Å². The van der Waals surface area contributed by atoms with Crippen molar-refractivity contribution in [1.29, 1.82) is 0 Å². The van der Waals surface area contributed by atoms with E-state index in [1.807, 2.05) is 0 Å². The van der Waals surface area contributed by atoms with Crippen LogP contribution in [0.1, 0.15) is 38.5 Å². The fourth-order valence-electron chi connectivity index (χ4n) is 2.72. The molecule has 1 aliphatic carbocycles. The summed E-state index contributed by atoms with van der Waals surface area (Å²) in [6, 6.07) is 0. The van der Waals surface area contributed by atoms with Gasteiger partial charge in [0.05, 0.1) is 6.67 Å². The van der Waals surface area contributed by atoms with E-state index in [-0.39, 0.29) is 6.67 Å². The lowest BCUT2D eigenvalue weighted by atomic mass is 9.83. The van der Waals surface area contributed by atoms with Crippen molar-refractivity contribution in [3.8, 4) is 0 Å². The van der Waals surface area contributed by atoms with Crippen LogP contribution in [0.3, 0.4) is 0 Å². The molecular weight excluding hydrogens is 245 g/mol. The minimum Gasteiger partial charge on any atom is -0.385 e. The Balaban J connectivity index is 2.37. The molecule has 112 valence electrons. The molecule has 5 heteroatoms. The summed E-state index contributed by atoms with van der Waals surface area (Å²) in [5, 5.41) is 6.52. The van der Waals surface area contributed by atoms with Gasteiger partial charge in [-0.05, 0) is 31.1 Å². The van der Waals surface area contributed by atoms with Crippen LogP contribution in [0, 0.1) is 5.41 Å². The molecule has 0 radical (unpaired) electrons. The summed E-state index contributed by atoms with van der Waals surface area (Å²) in [6.07, 6.45) is 6.74. The van der Waals surface area contributed by atoms with Crippen LogP contribution in [0.15, 0.2) is 4.99 Å². The van der Waals surface area contributed by atoms with Gasteiger partial charge in [0.15, 0.2) is 5.96 Å². The molecule has 0 aliphatic heterocycles. The Morgan fingerprint density at radius 2 is 2.05 bits per heavy atom. The smallest absolute Gasteiger partial charge is 0.190 e. The Labute approximate surface area is 116 Å². The van der Waals surface area contributed by atoms with Crippen molar-refractivity contribution in [3.05, 3.63) is 0 Å². The SMILES string of the molecule is CN=C(NCCCF)NCC1(CCOC)CCCC1. The van der Waals surface area contributed by atoms with Crippen LogP contribution in [0.4, 0.5) is 4.39 Å². The lowest BCUT2D eigenvalue weighted by Gasteiger charge is -2.29. The van der Waals surface area contributed by atoms with Crippen molar-refractivity contribution in [2.24, 2.45) is 10.4 Å². The van der Waals surface area contributed by atoms with Crippen LogP contribution in [0.25, 0.3) is 0 Å². The second-order valence-electron chi connectivity index (χ2n) is 5.34. The Morgan fingerprint density at radius 1 is 1.32 bits per heavy atom. The molecule has 0 aromatic heterocycles. The predicted molar refractivity (Wildman–Crippen MR) is 77.4 cm³/mol. The molecule has 0 atom stereocenters. The summed E-state index contributed by atoms with van der Waals surface area (Å²) < 4.78 is 17.3. The molecule has 1 saturated carbocycles. The molecule has 0 amide bonds. The Kier molecular flexibility index (Phi) is 7.79. The number of guanidine groups is 1. The average molecular weight is 273 g/mol. The van der Waals surface area contributed by atoms with Gasteiger partial charge in [-0.25, -0.2) is 0 Å². The van der Waals surface area contributed by atoms with Gasteiger partial charge in [-0.1, -0.05) is 12.8 Å². The topological polar surface area (TPSA) is 45.7 Å². The largest absolute Gasteiger partial charge is 0.385 e. The first-order chi connectivity index (χ1) is 9.26. The molecule has 0 saturated heterocycles. The number of hydrogen-bond donors (Lipinski definition) is 2. The number of methoxy groups -OCH3 is 1. The van der Waals surface area contributed by atoms with Crippen LogP contribution >= 0.6 is 0 Å². The number of hydrogen-bond acceptors (Lipinski definition) is 2. The number of rotatable bonds is 8. The summed E-state index contributed by atoms with van der Waals surface area (Å²) in [7, 11) is 3.51. The van der Waals surface area contributed by atoms with Gasteiger partial charge in [0.1, 0.15) is 0 Å². The third-order valence-electron chi connectivity index (χ3n) is 3.96. The molecule has 1 fully saturated rings. The first-order valence-electron chi connectivity index (χ1n) is 7.26. The number of nitrogens with one attached hydrogen (secondary N) is 2. The van der Waals surface area contributed by atoms with Gasteiger partial charge in [0, 0.05) is 33.9 Å². The summed E-state index contributed by atoms with van der Waals surface area (Å²) in [6.45, 7) is 2.07. The zero-order valence-electron chi connectivity index (χ0n) is 12.3. The predicted octanol–water partition coefficient (Wildman–Crippen LogP) is 2.11. The third-order valence-corrected chi connectivity index (χ3v) is 3.96. The van der Waals surface area contributed by atoms with E-state index in [0.29, 0.717) is 18.4 Å². The van der Waals surface area contributed by atoms with Gasteiger partial charge in [-0.3, -0.25) is 9.38 Å². The van der Waals surface area contributed by atoms with Gasteiger partial charge in [-0.2, -0.15) is 0 Å². The molecule has 2 N–H and O–H groups in total. The molecule has 1 rings (SSSR count). The first kappa shape index (κ1) is 16.2. The molecule has 0 unspecified atom stereocenters. The zero-order chi connectivity index (χ0) is 14.0. The number of ether oxygens (including phenoxy) is 1. The minimum atomic E-state index is -0.290. The van der Waals surface area contributed by atoms with E-state index in [9.17, 15) is 4.39 Å². The Morgan fingerprint density at radius 3 is 2.63 bits per heavy atom. The van der Waals surface area contributed by atoms with Crippen molar-refractivity contribution >= 4 is 5.96 Å². The van der Waals surface area contributed by atoms with Crippen LogP contribution in [-0.4, -0.2) is 46.5 Å². The van der Waals surface area contributed by atoms with E-state index in [1.165, 1.54) is 25.7 Å². The summed E-state index contributed by atoms with van der Waals surface area (Å²) >= 11 is 0. The fourth-order valence-corrected chi connectivity index (χ4v) is 2.72. The quantitative estimate of drug-likeness (QED) is 0.404. The molecule has 0 spiro atoms. The van der Waals surface area contributed by atoms with Crippen molar-refractivity contribution in [3.63, 3.8) is 0 Å². The van der Waals surface area contributed by atoms with E-state index in [0.717, 1.165) is 25.5 Å². The maximum absolute atomic E-state index is 12.1. The van der Waals surface area contributed by atoms with E-state index in [2.05, 4.69) is 15.6 Å². The number of nitrogens with zero attached hydrogens (tertiary/aromatic N) is 1. The highest BCUT2D eigenvalue weighted by Gasteiger charge is 2.33. The molecule has 0 aromatic carbocycles. The Hall–Kier alpha value is -0.840. The Bertz CT molecular complexity index is 265. The standard InChI is InChI=1S/C14H28FN3O/c1-16-13(17-10-5-9-15)18-12-14(8-11-19-2)6-3-4-7-14/h3-12H2,1-2H3,(H2,16,17,18). The molecule has 0 bridgehead atoms. The van der Waals surface area contributed by atoms with Crippen LogP contribution < -0.4 is 10.6 Å². The summed E-state index contributed by atoms with van der Waals surface area (Å²) in [5.41, 5.74) is 0.341. The van der Waals surface area contributed by atoms with E-state index in [1.54, 1.807) is 14.2 Å². The lowest BCUT2D eigenvalue weighted by Crippen LogP contribution is -2.43. The van der Waals surface area contributed by atoms with Gasteiger partial charge in [0.25, 0.3) is 0 Å². The molecule has 19 heavy (non-hydrogen) atoms. The highest BCUT2D eigenvalue weighted by Crippen LogP contribution is 2.40. The summed E-state index contributed by atoms with van der Waals surface area (Å²) in [5.74, 6) is 0.775. The second-order valence-corrected chi connectivity index (χ2v) is 5.34. The van der Waals surface area contributed by atoms with E-state index < -0.39 is 0 Å². The number of halogens is 1. The van der Waals surface area contributed by atoms with Crippen molar-refractivity contribution in [2.75, 3.05) is 40.5 Å². The maximum Gasteiger partial charge on any atom is 0.190 e. The molecule has 4 nitrogen and oxygen atoms in total. The van der Waals surface area contributed by atoms with Crippen LogP contribution in [0.5, 0.6) is 0 Å². The second kappa shape index (κ2) is 9.13. The first-order valence-corrected chi connectivity index (χ1v) is 7.26. The maximum atomic E-state index is 12.1. The third kappa shape index (κ3) is 5.76. The lowest BCUT2D eigenvalue weighted by molar-refractivity contribution is 0.138. The molecule has 0 heterocycles. The average Bonchev–Trinajstić information content (AvgIpc) is 2.90. The van der Waals surface area contributed by atoms with E-state index >= 15 is 0 Å². The summed E-state index contributed by atoms with van der Waals surface area (Å²) in [4.78, 5) is 4.17. The van der Waals surface area contributed by atoms with Gasteiger partial charge in [-0.15, -0.1) is 0 Å². The number of aliphatic imine (C=N–C) groups is 1. The van der Waals surface area contributed by atoms with Gasteiger partial charge < -0.3 is 15.4 Å². The monoisotopic (exact) mass is 273 g/mol. The fraction of sp³-hybridized carbons (Fsp3) is 0.929. The minimum absolute atomic E-state index is 0.290. The van der Waals surface area contributed by atoms with Crippen molar-refractivity contribution in [1.82, 2.24) is 10.6 Å². The van der Waals surface area contributed by atoms with Crippen molar-refractivity contribution in [2.45, 2.75) is 38.5 Å². The highest BCUT2D eigenvalue weighted by atomic mass is 19.1. The molecular formula is C14H28FN3O. The van der Waals surface area contributed by atoms with Crippen molar-refractivity contribution < 1.29 is 9.13 Å². The number of alkyl halides is 1.